The molecule has 0 aliphatic carbocycles. The summed E-state index contributed by atoms with van der Waals surface area (Å²) in [6.45, 7) is 5.94. The maximum atomic E-state index is 5.31. The molecule has 0 fully saturated rings. The number of methoxy groups -OCH3 is 1. The maximum absolute atomic E-state index is 5.31. The van der Waals surface area contributed by atoms with Gasteiger partial charge in [0.05, 0.1) is 19.0 Å². The number of nitrogens with one attached hydrogen (secondary N) is 2. The highest BCUT2D eigenvalue weighted by molar-refractivity contribution is 6.07. The lowest BCUT2D eigenvalue weighted by Gasteiger charge is -2.08. The summed E-state index contributed by atoms with van der Waals surface area (Å²) in [4.78, 5) is 8.03. The fourth-order valence-corrected chi connectivity index (χ4v) is 3.56. The fourth-order valence-electron chi connectivity index (χ4n) is 3.56. The molecule has 0 aliphatic heterocycles. The first-order chi connectivity index (χ1) is 14.2. The Morgan fingerprint density at radius 1 is 1.14 bits per heavy atom. The van der Waals surface area contributed by atoms with Crippen LogP contribution in [0.15, 0.2) is 79.0 Å². The zero-order chi connectivity index (χ0) is 20.2. The molecule has 2 N–H and O–H groups in total. The molecule has 4 heteroatoms. The Hall–Kier alpha value is -3.53. The first-order valence-corrected chi connectivity index (χ1v) is 9.79. The SMILES string of the molecule is C=C/C(=C\C)CCc1ccc2[nH]c3ncc(Nc4cccc(OC)c4)cc3c2c1. The lowest BCUT2D eigenvalue weighted by molar-refractivity contribution is 0.415. The van der Waals surface area contributed by atoms with Crippen LogP contribution in [0.4, 0.5) is 11.4 Å². The number of benzene rings is 2. The number of rotatable bonds is 7. The van der Waals surface area contributed by atoms with Crippen molar-refractivity contribution in [2.75, 3.05) is 12.4 Å². The van der Waals surface area contributed by atoms with Crippen LogP contribution >= 0.6 is 0 Å². The molecule has 0 bridgehead atoms. The molecule has 0 amide bonds. The molecular weight excluding hydrogens is 358 g/mol. The first kappa shape index (κ1) is 18.8. The topological polar surface area (TPSA) is 49.9 Å². The molecule has 4 nitrogen and oxygen atoms in total. The van der Waals surface area contributed by atoms with Gasteiger partial charge in [0.1, 0.15) is 11.4 Å². The Labute approximate surface area is 170 Å². The van der Waals surface area contributed by atoms with Crippen LogP contribution in [-0.4, -0.2) is 17.1 Å². The zero-order valence-electron chi connectivity index (χ0n) is 16.8. The smallest absolute Gasteiger partial charge is 0.138 e. The van der Waals surface area contributed by atoms with Crippen molar-refractivity contribution >= 4 is 33.3 Å². The molecule has 0 aliphatic rings. The minimum Gasteiger partial charge on any atom is -0.497 e. The van der Waals surface area contributed by atoms with Gasteiger partial charge in [-0.2, -0.15) is 0 Å². The van der Waals surface area contributed by atoms with Crippen molar-refractivity contribution < 1.29 is 4.74 Å². The summed E-state index contributed by atoms with van der Waals surface area (Å²) >= 11 is 0. The third kappa shape index (κ3) is 4.02. The molecule has 2 heterocycles. The summed E-state index contributed by atoms with van der Waals surface area (Å²) in [5, 5.41) is 5.73. The number of nitrogens with zero attached hydrogens (tertiary/aromatic N) is 1. The number of ether oxygens (including phenoxy) is 1. The quantitative estimate of drug-likeness (QED) is 0.357. The predicted molar refractivity (Wildman–Crippen MR) is 122 cm³/mol. The Bertz CT molecular complexity index is 1200. The second-order valence-electron chi connectivity index (χ2n) is 7.05. The lowest BCUT2D eigenvalue weighted by Crippen LogP contribution is -1.92. The summed E-state index contributed by atoms with van der Waals surface area (Å²) < 4.78 is 5.31. The highest BCUT2D eigenvalue weighted by Crippen LogP contribution is 2.29. The Balaban J connectivity index is 1.66. The van der Waals surface area contributed by atoms with Gasteiger partial charge < -0.3 is 15.0 Å². The van der Waals surface area contributed by atoms with Crippen LogP contribution in [0.1, 0.15) is 18.9 Å². The molecule has 4 aromatic rings. The Kier molecular flexibility index (Phi) is 5.34. The number of hydrogen-bond acceptors (Lipinski definition) is 3. The van der Waals surface area contributed by atoms with Crippen LogP contribution in [0, 0.1) is 0 Å². The maximum Gasteiger partial charge on any atom is 0.138 e. The number of aryl methyl sites for hydroxylation is 1. The van der Waals surface area contributed by atoms with Crippen molar-refractivity contribution in [1.82, 2.24) is 9.97 Å². The molecule has 0 unspecified atom stereocenters. The molecule has 0 radical (unpaired) electrons. The second kappa shape index (κ2) is 8.23. The van der Waals surface area contributed by atoms with E-state index in [9.17, 15) is 0 Å². The highest BCUT2D eigenvalue weighted by atomic mass is 16.5. The van der Waals surface area contributed by atoms with E-state index in [1.807, 2.05) is 36.5 Å². The molecule has 0 atom stereocenters. The molecule has 2 aromatic heterocycles. The van der Waals surface area contributed by atoms with Crippen LogP contribution in [0.25, 0.3) is 21.9 Å². The molecule has 0 spiro atoms. The number of anilines is 2. The van der Waals surface area contributed by atoms with E-state index in [0.29, 0.717) is 0 Å². The second-order valence-corrected chi connectivity index (χ2v) is 7.05. The highest BCUT2D eigenvalue weighted by Gasteiger charge is 2.08. The third-order valence-corrected chi connectivity index (χ3v) is 5.21. The van der Waals surface area contributed by atoms with E-state index in [2.05, 4.69) is 59.1 Å². The molecule has 29 heavy (non-hydrogen) atoms. The number of H-pyrrole nitrogens is 1. The largest absolute Gasteiger partial charge is 0.497 e. The standard InChI is InChI=1S/C25H25N3O/c1-4-17(5-2)9-10-18-11-12-24-22(13-18)23-15-20(16-26-25(23)28-24)27-19-7-6-8-21(14-19)29-3/h4-8,11-16,27H,1,9-10H2,2-3H3,(H,26,28)/b17-5+. The first-order valence-electron chi connectivity index (χ1n) is 9.79. The van der Waals surface area contributed by atoms with Gasteiger partial charge in [-0.15, -0.1) is 0 Å². The van der Waals surface area contributed by atoms with E-state index in [1.54, 1.807) is 7.11 Å². The Morgan fingerprint density at radius 3 is 2.83 bits per heavy atom. The third-order valence-electron chi connectivity index (χ3n) is 5.21. The van der Waals surface area contributed by atoms with Gasteiger partial charge in [-0.3, -0.25) is 0 Å². The van der Waals surface area contributed by atoms with Gasteiger partial charge in [-0.25, -0.2) is 4.98 Å². The number of aromatic amines is 1. The Morgan fingerprint density at radius 2 is 2.03 bits per heavy atom. The van der Waals surface area contributed by atoms with Crippen LogP contribution in [-0.2, 0) is 6.42 Å². The average molecular weight is 383 g/mol. The van der Waals surface area contributed by atoms with Gasteiger partial charge in [0.15, 0.2) is 0 Å². The van der Waals surface area contributed by atoms with Crippen molar-refractivity contribution in [3.05, 3.63) is 84.6 Å². The van der Waals surface area contributed by atoms with E-state index >= 15 is 0 Å². The minimum absolute atomic E-state index is 0.820. The van der Waals surface area contributed by atoms with Gasteiger partial charge in [-0.05, 0) is 55.7 Å². The fraction of sp³-hybridized carbons (Fsp3) is 0.160. The average Bonchev–Trinajstić information content (AvgIpc) is 3.12. The van der Waals surface area contributed by atoms with Gasteiger partial charge >= 0.3 is 0 Å². The summed E-state index contributed by atoms with van der Waals surface area (Å²) in [5.41, 5.74) is 6.49. The molecular formula is C25H25N3O. The van der Waals surface area contributed by atoms with Crippen molar-refractivity contribution in [2.24, 2.45) is 0 Å². The van der Waals surface area contributed by atoms with Gasteiger partial charge in [0, 0.05) is 28.0 Å². The summed E-state index contributed by atoms with van der Waals surface area (Å²) in [6.07, 6.45) is 7.89. The molecule has 4 rings (SSSR count). The molecule has 0 saturated heterocycles. The molecule has 0 saturated carbocycles. The molecule has 146 valence electrons. The van der Waals surface area contributed by atoms with E-state index in [0.717, 1.165) is 46.5 Å². The lowest BCUT2D eigenvalue weighted by atomic mass is 10.0. The number of pyridine rings is 1. The zero-order valence-corrected chi connectivity index (χ0v) is 16.8. The van der Waals surface area contributed by atoms with Crippen LogP contribution in [0.3, 0.4) is 0 Å². The van der Waals surface area contributed by atoms with Crippen molar-refractivity contribution in [2.45, 2.75) is 19.8 Å². The summed E-state index contributed by atoms with van der Waals surface area (Å²) in [7, 11) is 1.67. The number of fused-ring (bicyclic) bond motifs is 3. The summed E-state index contributed by atoms with van der Waals surface area (Å²) in [6, 6.07) is 16.6. The van der Waals surface area contributed by atoms with Gasteiger partial charge in [-0.1, -0.05) is 36.4 Å². The minimum atomic E-state index is 0.820. The summed E-state index contributed by atoms with van der Waals surface area (Å²) in [5.74, 6) is 0.820. The number of hydrogen-bond donors (Lipinski definition) is 2. The normalized spacial score (nSPS) is 11.7. The van der Waals surface area contributed by atoms with Crippen LogP contribution < -0.4 is 10.1 Å². The van der Waals surface area contributed by atoms with Crippen LogP contribution in [0.5, 0.6) is 5.75 Å². The van der Waals surface area contributed by atoms with E-state index in [4.69, 9.17) is 4.74 Å². The van der Waals surface area contributed by atoms with Gasteiger partial charge in [0.25, 0.3) is 0 Å². The number of aromatic nitrogens is 2. The van der Waals surface area contributed by atoms with E-state index in [-0.39, 0.29) is 0 Å². The van der Waals surface area contributed by atoms with Crippen molar-refractivity contribution in [3.63, 3.8) is 0 Å². The van der Waals surface area contributed by atoms with Crippen molar-refractivity contribution in [3.8, 4) is 5.75 Å². The predicted octanol–water partition coefficient (Wildman–Crippen LogP) is 6.53. The van der Waals surface area contributed by atoms with E-state index < -0.39 is 0 Å². The number of allylic oxidation sites excluding steroid dienone is 3. The monoisotopic (exact) mass is 383 g/mol. The molecule has 2 aromatic carbocycles. The van der Waals surface area contributed by atoms with Gasteiger partial charge in [0.2, 0.25) is 0 Å². The van der Waals surface area contributed by atoms with Crippen LogP contribution in [0.2, 0.25) is 0 Å². The van der Waals surface area contributed by atoms with E-state index in [1.165, 1.54) is 16.5 Å². The van der Waals surface area contributed by atoms with Crippen molar-refractivity contribution in [1.29, 1.82) is 0 Å².